The van der Waals surface area contributed by atoms with Gasteiger partial charge in [0.15, 0.2) is 5.78 Å². The Morgan fingerprint density at radius 1 is 1.09 bits per heavy atom. The maximum absolute atomic E-state index is 10.0. The molecule has 3 aromatic heterocycles. The van der Waals surface area contributed by atoms with Gasteiger partial charge in [-0.2, -0.15) is 0 Å². The number of rotatable bonds is 2. The molecule has 6 rings (SSSR count). The SMILES string of the molecule is CC(=O)/C=C(/C)O.[Ir].c1ccc2c(c1)cnc1c2c2ccccc2n1-c1[n-]cc2[n+]1CCCC2. The van der Waals surface area contributed by atoms with E-state index in [1.165, 1.54) is 65.5 Å². The molecule has 0 saturated carbocycles. The summed E-state index contributed by atoms with van der Waals surface area (Å²) in [6.45, 7) is 3.88. The van der Waals surface area contributed by atoms with Crippen molar-refractivity contribution in [3.8, 4) is 5.95 Å². The van der Waals surface area contributed by atoms with Crippen LogP contribution >= 0.6 is 0 Å². The molecule has 0 unspecified atom stereocenters. The summed E-state index contributed by atoms with van der Waals surface area (Å²) in [7, 11) is 0. The molecule has 6 nitrogen and oxygen atoms in total. The molecule has 0 saturated heterocycles. The fourth-order valence-corrected chi connectivity index (χ4v) is 4.68. The van der Waals surface area contributed by atoms with E-state index in [9.17, 15) is 4.79 Å². The van der Waals surface area contributed by atoms with Gasteiger partial charge >= 0.3 is 0 Å². The number of hydrogen-bond acceptors (Lipinski definition) is 3. The Kier molecular flexibility index (Phi) is 6.96. The average Bonchev–Trinajstić information content (AvgIpc) is 3.37. The summed E-state index contributed by atoms with van der Waals surface area (Å²) in [5.41, 5.74) is 3.49. The van der Waals surface area contributed by atoms with Crippen molar-refractivity contribution in [1.29, 1.82) is 0 Å². The number of pyridine rings is 1. The van der Waals surface area contributed by atoms with E-state index < -0.39 is 0 Å². The Labute approximate surface area is 211 Å². The third-order valence-electron chi connectivity index (χ3n) is 6.00. The normalized spacial score (nSPS) is 13.3. The van der Waals surface area contributed by atoms with Gasteiger partial charge in [0.2, 0.25) is 5.95 Å². The zero-order chi connectivity index (χ0) is 22.9. The Bertz CT molecular complexity index is 1530. The maximum atomic E-state index is 10.0. The molecule has 0 fully saturated rings. The number of aromatic nitrogens is 4. The standard InChI is InChI=1S/C22H18N4.C5H8O2.Ir/c1-2-9-17-15(7-1)13-23-21-20(17)18-10-3-4-11-19(18)26(21)22-24-14-16-8-5-6-12-25(16)22;1-4(6)3-5(2)7;/h1-4,7,9-11,13-14H,5-6,8,12H2;3,6H,1-2H3;/b;4-3-;. The number of carbonyl (C=O) groups is 1. The number of nitrogens with zero attached hydrogens (tertiary/aromatic N) is 4. The van der Waals surface area contributed by atoms with Gasteiger partial charge < -0.3 is 9.67 Å². The van der Waals surface area contributed by atoms with Crippen molar-refractivity contribution in [2.75, 3.05) is 0 Å². The number of carbonyl (C=O) groups excluding carboxylic acids is 1. The van der Waals surface area contributed by atoms with Gasteiger partial charge in [-0.15, -0.1) is 0 Å². The van der Waals surface area contributed by atoms with Crippen molar-refractivity contribution in [3.63, 3.8) is 0 Å². The Morgan fingerprint density at radius 2 is 1.82 bits per heavy atom. The van der Waals surface area contributed by atoms with Gasteiger partial charge in [0.25, 0.3) is 0 Å². The van der Waals surface area contributed by atoms with Crippen LogP contribution in [0, 0.1) is 0 Å². The summed E-state index contributed by atoms with van der Waals surface area (Å²) < 4.78 is 4.61. The van der Waals surface area contributed by atoms with Crippen LogP contribution in [-0.4, -0.2) is 20.4 Å². The predicted octanol–water partition coefficient (Wildman–Crippen LogP) is 4.95. The Hall–Kier alpha value is -3.28. The van der Waals surface area contributed by atoms with E-state index in [1.54, 1.807) is 0 Å². The van der Waals surface area contributed by atoms with Crippen LogP contribution < -0.4 is 9.55 Å². The molecule has 0 bridgehead atoms. The second-order valence-corrected chi connectivity index (χ2v) is 8.45. The number of fused-ring (bicyclic) bond motifs is 6. The Morgan fingerprint density at radius 3 is 2.56 bits per heavy atom. The molecule has 0 aliphatic carbocycles. The molecular formula is C27H26IrN4O2. The van der Waals surface area contributed by atoms with Crippen LogP contribution in [0.15, 0.2) is 72.8 Å². The van der Waals surface area contributed by atoms with Crippen LogP contribution in [0.4, 0.5) is 0 Å². The minimum Gasteiger partial charge on any atom is -0.512 e. The van der Waals surface area contributed by atoms with Crippen LogP contribution in [0.25, 0.3) is 38.7 Å². The second-order valence-electron chi connectivity index (χ2n) is 8.45. The number of ketones is 1. The first-order chi connectivity index (χ1) is 16.0. The molecule has 1 radical (unpaired) electrons. The predicted molar refractivity (Wildman–Crippen MR) is 130 cm³/mol. The number of aryl methyl sites for hydroxylation is 1. The van der Waals surface area contributed by atoms with Crippen molar-refractivity contribution in [2.45, 2.75) is 39.7 Å². The van der Waals surface area contributed by atoms with Gasteiger partial charge in [0, 0.05) is 60.8 Å². The molecule has 1 N–H and O–H groups in total. The van der Waals surface area contributed by atoms with Crippen molar-refractivity contribution in [1.82, 2.24) is 14.5 Å². The van der Waals surface area contributed by atoms with Crippen LogP contribution in [0.2, 0.25) is 0 Å². The van der Waals surface area contributed by atoms with Crippen molar-refractivity contribution < 1.29 is 34.6 Å². The minimum absolute atomic E-state index is 0. The number of allylic oxidation sites excluding steroid dienone is 2. The van der Waals surface area contributed by atoms with Crippen LogP contribution in [0.1, 0.15) is 32.4 Å². The second kappa shape index (κ2) is 9.92. The molecule has 1 aliphatic heterocycles. The summed E-state index contributed by atoms with van der Waals surface area (Å²) in [5, 5.41) is 13.2. The van der Waals surface area contributed by atoms with E-state index in [4.69, 9.17) is 15.1 Å². The first-order valence-electron chi connectivity index (χ1n) is 11.2. The van der Waals surface area contributed by atoms with Crippen LogP contribution in [-0.2, 0) is 37.9 Å². The monoisotopic (exact) mass is 631 g/mol. The van der Waals surface area contributed by atoms with Gasteiger partial charge in [0.1, 0.15) is 5.65 Å². The van der Waals surface area contributed by atoms with Gasteiger partial charge in [0.05, 0.1) is 17.5 Å². The number of aliphatic hydroxyl groups is 1. The third-order valence-corrected chi connectivity index (χ3v) is 6.00. The van der Waals surface area contributed by atoms with E-state index in [0.29, 0.717) is 0 Å². The molecule has 0 spiro atoms. The van der Waals surface area contributed by atoms with Gasteiger partial charge in [-0.1, -0.05) is 42.5 Å². The number of hydrogen-bond donors (Lipinski definition) is 1. The van der Waals surface area contributed by atoms with Crippen LogP contribution in [0.5, 0.6) is 0 Å². The molecule has 0 atom stereocenters. The first kappa shape index (κ1) is 23.9. The number of imidazole rings is 1. The summed E-state index contributed by atoms with van der Waals surface area (Å²) in [4.78, 5) is 19.7. The van der Waals surface area contributed by atoms with Gasteiger partial charge in [-0.05, 0) is 44.6 Å². The molecule has 2 aromatic carbocycles. The smallest absolute Gasteiger partial charge is 0.216 e. The van der Waals surface area contributed by atoms with E-state index in [2.05, 4.69) is 57.7 Å². The topological polar surface area (TPSA) is 73.1 Å². The summed E-state index contributed by atoms with van der Waals surface area (Å²) >= 11 is 0. The molecule has 1 aliphatic rings. The molecule has 175 valence electrons. The number of aliphatic hydroxyl groups excluding tert-OH is 1. The number of para-hydroxylation sites is 1. The van der Waals surface area contributed by atoms with Crippen molar-refractivity contribution >= 4 is 38.5 Å². The fourth-order valence-electron chi connectivity index (χ4n) is 4.68. The molecule has 4 heterocycles. The van der Waals surface area contributed by atoms with Gasteiger partial charge in [-0.25, -0.2) is 9.97 Å². The third kappa shape index (κ3) is 4.29. The minimum atomic E-state index is -0.125. The largest absolute Gasteiger partial charge is 0.512 e. The first-order valence-corrected chi connectivity index (χ1v) is 11.2. The van der Waals surface area contributed by atoms with Crippen molar-refractivity contribution in [2.24, 2.45) is 0 Å². The zero-order valence-corrected chi connectivity index (χ0v) is 21.6. The molecule has 0 amide bonds. The molecule has 34 heavy (non-hydrogen) atoms. The summed E-state index contributed by atoms with van der Waals surface area (Å²) in [5.74, 6) is 0.932. The van der Waals surface area contributed by atoms with E-state index in [1.807, 2.05) is 12.4 Å². The fraction of sp³-hybridized carbons (Fsp3) is 0.222. The van der Waals surface area contributed by atoms with E-state index in [-0.39, 0.29) is 31.6 Å². The molecule has 5 aromatic rings. The summed E-state index contributed by atoms with van der Waals surface area (Å²) in [6, 6.07) is 17.1. The van der Waals surface area contributed by atoms with Crippen molar-refractivity contribution in [3.05, 3.63) is 78.5 Å². The van der Waals surface area contributed by atoms with Gasteiger partial charge in [-0.3, -0.25) is 9.36 Å². The average molecular weight is 631 g/mol. The zero-order valence-electron chi connectivity index (χ0n) is 19.2. The van der Waals surface area contributed by atoms with E-state index in [0.717, 1.165) is 24.6 Å². The summed E-state index contributed by atoms with van der Waals surface area (Å²) in [6.07, 6.45) is 8.76. The quantitative estimate of drug-likeness (QED) is 0.170. The Balaban J connectivity index is 0.000000303. The van der Waals surface area contributed by atoms with E-state index >= 15 is 0 Å². The number of benzene rings is 2. The maximum Gasteiger partial charge on any atom is 0.216 e. The molecular weight excluding hydrogens is 605 g/mol. The van der Waals surface area contributed by atoms with Crippen LogP contribution in [0.3, 0.4) is 0 Å². The molecule has 7 heteroatoms.